The van der Waals surface area contributed by atoms with Gasteiger partial charge in [0.05, 0.1) is 19.9 Å². The zero-order valence-corrected chi connectivity index (χ0v) is 9.84. The average molecular weight is 230 g/mol. The summed E-state index contributed by atoms with van der Waals surface area (Å²) in [5.41, 5.74) is 0. The zero-order chi connectivity index (χ0) is 11.3. The highest BCUT2D eigenvalue weighted by Gasteiger charge is 2.12. The van der Waals surface area contributed by atoms with E-state index in [4.69, 9.17) is 4.74 Å². The predicted molar refractivity (Wildman–Crippen MR) is 58.6 cm³/mol. The Morgan fingerprint density at radius 1 is 1.60 bits per heavy atom. The van der Waals surface area contributed by atoms with Crippen LogP contribution in [0.1, 0.15) is 9.67 Å². The second-order valence-electron chi connectivity index (χ2n) is 2.91. The largest absolute Gasteiger partial charge is 0.465 e. The van der Waals surface area contributed by atoms with Crippen molar-refractivity contribution in [1.29, 1.82) is 0 Å². The van der Waals surface area contributed by atoms with Crippen LogP contribution in [0.2, 0.25) is 0 Å². The van der Waals surface area contributed by atoms with E-state index in [0.29, 0.717) is 11.5 Å². The molecule has 0 fully saturated rings. The smallest absolute Gasteiger partial charge is 0.349 e. The number of carbonyl (C=O) groups is 1. The van der Waals surface area contributed by atoms with E-state index in [9.17, 15) is 4.79 Å². The lowest BCUT2D eigenvalue weighted by molar-refractivity contribution is 0.0606. The Bertz CT molecular complexity index is 327. The highest BCUT2D eigenvalue weighted by molar-refractivity contribution is 7.17. The molecule has 0 amide bonds. The molecule has 0 radical (unpaired) electrons. The molecular formula is C9H14N2O3S. The van der Waals surface area contributed by atoms with E-state index < -0.39 is 0 Å². The van der Waals surface area contributed by atoms with Crippen LogP contribution >= 0.6 is 11.3 Å². The van der Waals surface area contributed by atoms with Crippen molar-refractivity contribution in [2.45, 2.75) is 0 Å². The number of likely N-dealkylation sites (N-methyl/N-ethyl adjacent to an activating group) is 1. The Morgan fingerprint density at radius 3 is 2.93 bits per heavy atom. The zero-order valence-electron chi connectivity index (χ0n) is 9.02. The van der Waals surface area contributed by atoms with Crippen molar-refractivity contribution in [2.75, 3.05) is 39.3 Å². The van der Waals surface area contributed by atoms with Gasteiger partial charge in [0.1, 0.15) is 4.88 Å². The standard InChI is InChI=1S/C9H14N2O3S/c1-11(4-5-13-2)9-10-6-7(15-9)8(12)14-3/h6H,4-5H2,1-3H3. The van der Waals surface area contributed by atoms with Gasteiger partial charge >= 0.3 is 5.97 Å². The first-order valence-corrected chi connectivity index (χ1v) is 5.25. The lowest BCUT2D eigenvalue weighted by Gasteiger charge is -2.14. The SMILES string of the molecule is COCCN(C)c1ncc(C(=O)OC)s1. The Kier molecular flexibility index (Phi) is 4.51. The Morgan fingerprint density at radius 2 is 2.33 bits per heavy atom. The highest BCUT2D eigenvalue weighted by Crippen LogP contribution is 2.21. The third-order valence-corrected chi connectivity index (χ3v) is 2.93. The Hall–Kier alpha value is -1.14. The first kappa shape index (κ1) is 11.9. The van der Waals surface area contributed by atoms with Gasteiger partial charge in [-0.05, 0) is 0 Å². The Balaban J connectivity index is 2.62. The van der Waals surface area contributed by atoms with E-state index in [0.717, 1.165) is 11.7 Å². The molecule has 0 saturated carbocycles. The monoisotopic (exact) mass is 230 g/mol. The molecule has 0 aliphatic carbocycles. The first-order chi connectivity index (χ1) is 7.19. The highest BCUT2D eigenvalue weighted by atomic mass is 32.1. The number of ether oxygens (including phenoxy) is 2. The molecule has 5 nitrogen and oxygen atoms in total. The van der Waals surface area contributed by atoms with Crippen LogP contribution in [0.3, 0.4) is 0 Å². The number of rotatable bonds is 5. The van der Waals surface area contributed by atoms with Crippen molar-refractivity contribution in [2.24, 2.45) is 0 Å². The van der Waals surface area contributed by atoms with Gasteiger partial charge in [-0.1, -0.05) is 11.3 Å². The van der Waals surface area contributed by atoms with Crippen LogP contribution in [-0.4, -0.2) is 45.4 Å². The van der Waals surface area contributed by atoms with Gasteiger partial charge < -0.3 is 14.4 Å². The summed E-state index contributed by atoms with van der Waals surface area (Å²) in [6, 6.07) is 0. The molecule has 0 saturated heterocycles. The maximum Gasteiger partial charge on any atom is 0.349 e. The fraction of sp³-hybridized carbons (Fsp3) is 0.556. The van der Waals surface area contributed by atoms with E-state index in [2.05, 4.69) is 9.72 Å². The van der Waals surface area contributed by atoms with Gasteiger partial charge in [0.2, 0.25) is 0 Å². The maximum atomic E-state index is 11.2. The molecule has 0 spiro atoms. The van der Waals surface area contributed by atoms with Gasteiger partial charge in [-0.2, -0.15) is 0 Å². The second kappa shape index (κ2) is 5.67. The number of carbonyl (C=O) groups excluding carboxylic acids is 1. The van der Waals surface area contributed by atoms with Gasteiger partial charge in [-0.15, -0.1) is 0 Å². The second-order valence-corrected chi connectivity index (χ2v) is 3.92. The normalized spacial score (nSPS) is 10.1. The number of aromatic nitrogens is 1. The minimum atomic E-state index is -0.348. The van der Waals surface area contributed by atoms with Gasteiger partial charge in [0, 0.05) is 20.7 Å². The minimum Gasteiger partial charge on any atom is -0.465 e. The van der Waals surface area contributed by atoms with Crippen molar-refractivity contribution < 1.29 is 14.3 Å². The van der Waals surface area contributed by atoms with Crippen LogP contribution in [0.4, 0.5) is 5.13 Å². The summed E-state index contributed by atoms with van der Waals surface area (Å²) >= 11 is 1.31. The summed E-state index contributed by atoms with van der Waals surface area (Å²) in [6.45, 7) is 1.37. The van der Waals surface area contributed by atoms with Crippen LogP contribution < -0.4 is 4.90 Å². The average Bonchev–Trinajstić information content (AvgIpc) is 2.74. The quantitative estimate of drug-likeness (QED) is 0.707. The lowest BCUT2D eigenvalue weighted by atomic mass is 10.6. The molecule has 84 valence electrons. The molecule has 0 N–H and O–H groups in total. The molecule has 0 aromatic carbocycles. The third-order valence-electron chi connectivity index (χ3n) is 1.84. The molecule has 1 heterocycles. The van der Waals surface area contributed by atoms with Crippen LogP contribution in [0.5, 0.6) is 0 Å². The summed E-state index contributed by atoms with van der Waals surface area (Å²) in [4.78, 5) is 17.7. The van der Waals surface area contributed by atoms with E-state index in [1.807, 2.05) is 11.9 Å². The van der Waals surface area contributed by atoms with Crippen molar-refractivity contribution in [3.05, 3.63) is 11.1 Å². The number of esters is 1. The van der Waals surface area contributed by atoms with Crippen molar-refractivity contribution >= 4 is 22.4 Å². The number of hydrogen-bond donors (Lipinski definition) is 0. The minimum absolute atomic E-state index is 0.348. The Labute approximate surface area is 92.6 Å². The van der Waals surface area contributed by atoms with E-state index >= 15 is 0 Å². The van der Waals surface area contributed by atoms with Gasteiger partial charge in [0.15, 0.2) is 5.13 Å². The molecule has 0 bridgehead atoms. The van der Waals surface area contributed by atoms with Crippen LogP contribution in [0.15, 0.2) is 6.20 Å². The summed E-state index contributed by atoms with van der Waals surface area (Å²) in [5, 5.41) is 0.785. The van der Waals surface area contributed by atoms with Crippen molar-refractivity contribution in [1.82, 2.24) is 4.98 Å². The molecule has 0 aliphatic rings. The molecule has 6 heteroatoms. The summed E-state index contributed by atoms with van der Waals surface area (Å²) in [6.07, 6.45) is 1.52. The van der Waals surface area contributed by atoms with Crippen molar-refractivity contribution in [3.8, 4) is 0 Å². The van der Waals surface area contributed by atoms with Crippen LogP contribution in [0.25, 0.3) is 0 Å². The van der Waals surface area contributed by atoms with Gasteiger partial charge in [0.25, 0.3) is 0 Å². The van der Waals surface area contributed by atoms with E-state index in [1.165, 1.54) is 24.6 Å². The lowest BCUT2D eigenvalue weighted by Crippen LogP contribution is -2.21. The topological polar surface area (TPSA) is 51.7 Å². The number of anilines is 1. The molecule has 0 atom stereocenters. The van der Waals surface area contributed by atoms with E-state index in [-0.39, 0.29) is 5.97 Å². The van der Waals surface area contributed by atoms with Crippen molar-refractivity contribution in [3.63, 3.8) is 0 Å². The molecule has 1 aromatic heterocycles. The number of thiazole rings is 1. The first-order valence-electron chi connectivity index (χ1n) is 4.43. The number of hydrogen-bond acceptors (Lipinski definition) is 6. The number of nitrogens with zero attached hydrogens (tertiary/aromatic N) is 2. The fourth-order valence-corrected chi connectivity index (χ4v) is 1.78. The summed E-state index contributed by atoms with van der Waals surface area (Å²) in [5.74, 6) is -0.348. The third kappa shape index (κ3) is 3.17. The molecule has 1 rings (SSSR count). The summed E-state index contributed by atoms with van der Waals surface area (Å²) < 4.78 is 9.55. The maximum absolute atomic E-state index is 11.2. The number of methoxy groups -OCH3 is 2. The van der Waals surface area contributed by atoms with Crippen LogP contribution in [-0.2, 0) is 9.47 Å². The predicted octanol–water partition coefficient (Wildman–Crippen LogP) is 1.01. The molecular weight excluding hydrogens is 216 g/mol. The van der Waals surface area contributed by atoms with E-state index in [1.54, 1.807) is 7.11 Å². The fourth-order valence-electron chi connectivity index (χ4n) is 0.960. The molecule has 15 heavy (non-hydrogen) atoms. The molecule has 0 unspecified atom stereocenters. The van der Waals surface area contributed by atoms with Gasteiger partial charge in [-0.3, -0.25) is 0 Å². The molecule has 1 aromatic rings. The van der Waals surface area contributed by atoms with Crippen LogP contribution in [0, 0.1) is 0 Å². The molecule has 0 aliphatic heterocycles. The summed E-state index contributed by atoms with van der Waals surface area (Å²) in [7, 11) is 4.91. The van der Waals surface area contributed by atoms with Gasteiger partial charge in [-0.25, -0.2) is 9.78 Å².